The molecule has 0 atom stereocenters. The first-order valence-electron chi connectivity index (χ1n) is 9.74. The average molecular weight is 448 g/mol. The van der Waals surface area contributed by atoms with Crippen molar-refractivity contribution in [1.29, 1.82) is 0 Å². The van der Waals surface area contributed by atoms with E-state index in [4.69, 9.17) is 11.6 Å². The topological polar surface area (TPSA) is 92.6 Å². The van der Waals surface area contributed by atoms with Crippen molar-refractivity contribution in [3.63, 3.8) is 0 Å². The molecule has 32 heavy (non-hydrogen) atoms. The number of halogens is 1. The van der Waals surface area contributed by atoms with E-state index in [2.05, 4.69) is 5.32 Å². The van der Waals surface area contributed by atoms with Crippen molar-refractivity contribution in [3.05, 3.63) is 104 Å². The molecule has 3 aromatic rings. The molecule has 3 aromatic carbocycles. The Kier molecular flexibility index (Phi) is 5.50. The van der Waals surface area contributed by atoms with Gasteiger partial charge >= 0.3 is 0 Å². The Bertz CT molecular complexity index is 1300. The van der Waals surface area contributed by atoms with Gasteiger partial charge in [-0.3, -0.25) is 19.7 Å². The minimum absolute atomic E-state index is 0.0810. The van der Waals surface area contributed by atoms with Crippen LogP contribution in [-0.4, -0.2) is 16.7 Å². The lowest BCUT2D eigenvalue weighted by Crippen LogP contribution is -2.33. The Morgan fingerprint density at radius 2 is 1.59 bits per heavy atom. The maximum Gasteiger partial charge on any atom is 0.282 e. The first-order chi connectivity index (χ1) is 15.3. The van der Waals surface area contributed by atoms with Crippen LogP contribution in [0.25, 0.3) is 5.57 Å². The molecule has 0 saturated carbocycles. The summed E-state index contributed by atoms with van der Waals surface area (Å²) < 4.78 is 0. The van der Waals surface area contributed by atoms with Gasteiger partial charge in [-0.25, -0.2) is 4.90 Å². The summed E-state index contributed by atoms with van der Waals surface area (Å²) in [6.07, 6.45) is 0. The lowest BCUT2D eigenvalue weighted by Gasteiger charge is -2.18. The predicted octanol–water partition coefficient (Wildman–Crippen LogP) is 5.26. The minimum Gasteiger partial charge on any atom is -0.350 e. The number of aryl methyl sites for hydroxylation is 2. The molecule has 0 bridgehead atoms. The molecular weight excluding hydrogens is 430 g/mol. The lowest BCUT2D eigenvalue weighted by atomic mass is 10.0. The molecule has 4 rings (SSSR count). The number of rotatable bonds is 5. The third-order valence-electron chi connectivity index (χ3n) is 5.27. The van der Waals surface area contributed by atoms with E-state index in [0.717, 1.165) is 16.0 Å². The molecule has 1 N–H and O–H groups in total. The van der Waals surface area contributed by atoms with Crippen molar-refractivity contribution in [3.8, 4) is 0 Å². The monoisotopic (exact) mass is 447 g/mol. The van der Waals surface area contributed by atoms with E-state index in [1.165, 1.54) is 24.3 Å². The lowest BCUT2D eigenvalue weighted by molar-refractivity contribution is -0.384. The summed E-state index contributed by atoms with van der Waals surface area (Å²) in [4.78, 5) is 38.6. The smallest absolute Gasteiger partial charge is 0.282 e. The van der Waals surface area contributed by atoms with Gasteiger partial charge in [0.1, 0.15) is 5.70 Å². The number of nitro groups is 1. The van der Waals surface area contributed by atoms with E-state index in [1.54, 1.807) is 30.3 Å². The highest BCUT2D eigenvalue weighted by atomic mass is 35.5. The van der Waals surface area contributed by atoms with E-state index in [1.807, 2.05) is 26.0 Å². The Morgan fingerprint density at radius 3 is 2.25 bits per heavy atom. The van der Waals surface area contributed by atoms with E-state index in [-0.39, 0.29) is 17.0 Å². The molecule has 0 radical (unpaired) electrons. The van der Waals surface area contributed by atoms with Crippen LogP contribution in [0.2, 0.25) is 5.02 Å². The number of nitrogens with zero attached hydrogens (tertiary/aromatic N) is 2. The van der Waals surface area contributed by atoms with Crippen LogP contribution in [0.5, 0.6) is 0 Å². The van der Waals surface area contributed by atoms with Crippen LogP contribution in [-0.2, 0) is 9.59 Å². The van der Waals surface area contributed by atoms with Crippen molar-refractivity contribution in [1.82, 2.24) is 0 Å². The Balaban J connectivity index is 1.86. The molecule has 0 aliphatic carbocycles. The molecular formula is C24H18ClN3O4. The van der Waals surface area contributed by atoms with E-state index < -0.39 is 16.7 Å². The van der Waals surface area contributed by atoms with Crippen LogP contribution in [0.1, 0.15) is 16.7 Å². The second-order valence-electron chi connectivity index (χ2n) is 7.37. The fourth-order valence-electron chi connectivity index (χ4n) is 3.56. The zero-order chi connectivity index (χ0) is 23.0. The van der Waals surface area contributed by atoms with Crippen LogP contribution in [0, 0.1) is 24.0 Å². The number of nitro benzene ring substituents is 1. The molecule has 0 unspecified atom stereocenters. The maximum atomic E-state index is 13.5. The summed E-state index contributed by atoms with van der Waals surface area (Å²) in [6, 6.07) is 17.8. The summed E-state index contributed by atoms with van der Waals surface area (Å²) in [5.74, 6) is -1.03. The van der Waals surface area contributed by atoms with Crippen molar-refractivity contribution < 1.29 is 14.5 Å². The second kappa shape index (κ2) is 8.28. The molecule has 7 nitrogen and oxygen atoms in total. The summed E-state index contributed by atoms with van der Waals surface area (Å²) >= 11 is 6.13. The standard InChI is InChI=1S/C24H18ClN3O4/c1-14-7-10-17(25)13-19(14)26-22-21(16-8-11-18(12-9-16)28(31)32)23(29)27(24(22)30)20-6-4-3-5-15(20)2/h3-13,26H,1-2H3. The molecule has 0 saturated heterocycles. The summed E-state index contributed by atoms with van der Waals surface area (Å²) in [6.45, 7) is 3.67. The van der Waals surface area contributed by atoms with Crippen LogP contribution in [0.3, 0.4) is 0 Å². The number of non-ortho nitro benzene ring substituents is 1. The number of carbonyl (C=O) groups excluding carboxylic acids is 2. The van der Waals surface area contributed by atoms with Gasteiger partial charge in [0.05, 0.1) is 16.2 Å². The predicted molar refractivity (Wildman–Crippen MR) is 124 cm³/mol. The first kappa shape index (κ1) is 21.3. The van der Waals surface area contributed by atoms with Crippen LogP contribution < -0.4 is 10.2 Å². The second-order valence-corrected chi connectivity index (χ2v) is 7.81. The first-order valence-corrected chi connectivity index (χ1v) is 10.1. The van der Waals surface area contributed by atoms with Crippen molar-refractivity contribution in [2.45, 2.75) is 13.8 Å². The van der Waals surface area contributed by atoms with Crippen molar-refractivity contribution in [2.24, 2.45) is 0 Å². The zero-order valence-corrected chi connectivity index (χ0v) is 18.0. The molecule has 0 aromatic heterocycles. The highest BCUT2D eigenvalue weighted by Crippen LogP contribution is 2.36. The van der Waals surface area contributed by atoms with Gasteiger partial charge in [0.15, 0.2) is 0 Å². The van der Waals surface area contributed by atoms with Crippen LogP contribution >= 0.6 is 11.6 Å². The largest absolute Gasteiger partial charge is 0.350 e. The molecule has 1 heterocycles. The van der Waals surface area contributed by atoms with Crippen molar-refractivity contribution >= 4 is 46.1 Å². The van der Waals surface area contributed by atoms with Gasteiger partial charge in [0.25, 0.3) is 17.5 Å². The summed E-state index contributed by atoms with van der Waals surface area (Å²) in [5.41, 5.74) is 3.15. The zero-order valence-electron chi connectivity index (χ0n) is 17.3. The number of amides is 2. The molecule has 160 valence electrons. The fraction of sp³-hybridized carbons (Fsp3) is 0.0833. The Hall–Kier alpha value is -3.97. The molecule has 0 fully saturated rings. The molecule has 0 spiro atoms. The molecule has 1 aliphatic heterocycles. The number of hydrogen-bond acceptors (Lipinski definition) is 5. The Morgan fingerprint density at radius 1 is 0.906 bits per heavy atom. The Labute approximate surface area is 189 Å². The third kappa shape index (κ3) is 3.74. The average Bonchev–Trinajstić information content (AvgIpc) is 3.00. The number of benzene rings is 3. The maximum absolute atomic E-state index is 13.5. The number of para-hydroxylation sites is 1. The number of carbonyl (C=O) groups is 2. The highest BCUT2D eigenvalue weighted by Gasteiger charge is 2.41. The van der Waals surface area contributed by atoms with Gasteiger partial charge in [-0.15, -0.1) is 0 Å². The third-order valence-corrected chi connectivity index (χ3v) is 5.50. The number of nitrogens with one attached hydrogen (secondary N) is 1. The number of imide groups is 1. The number of anilines is 2. The fourth-order valence-corrected chi connectivity index (χ4v) is 3.73. The number of hydrogen-bond donors (Lipinski definition) is 1. The van der Waals surface area contributed by atoms with Crippen LogP contribution in [0.4, 0.5) is 17.1 Å². The molecule has 2 amide bonds. The van der Waals surface area contributed by atoms with E-state index in [0.29, 0.717) is 22.0 Å². The van der Waals surface area contributed by atoms with Gasteiger partial charge in [-0.05, 0) is 60.9 Å². The highest BCUT2D eigenvalue weighted by molar-refractivity contribution is 6.46. The summed E-state index contributed by atoms with van der Waals surface area (Å²) in [5, 5.41) is 14.6. The quantitative estimate of drug-likeness (QED) is 0.327. The van der Waals surface area contributed by atoms with Gasteiger partial charge in [0.2, 0.25) is 0 Å². The van der Waals surface area contributed by atoms with Gasteiger partial charge in [-0.2, -0.15) is 0 Å². The molecule has 1 aliphatic rings. The SMILES string of the molecule is Cc1ccc(Cl)cc1NC1=C(c2ccc([N+](=O)[O-])cc2)C(=O)N(c2ccccc2C)C1=O. The normalized spacial score (nSPS) is 13.7. The van der Waals surface area contributed by atoms with E-state index in [9.17, 15) is 19.7 Å². The van der Waals surface area contributed by atoms with Gasteiger partial charge in [-0.1, -0.05) is 35.9 Å². The van der Waals surface area contributed by atoms with E-state index >= 15 is 0 Å². The minimum atomic E-state index is -0.520. The van der Waals surface area contributed by atoms with Crippen molar-refractivity contribution in [2.75, 3.05) is 10.2 Å². The molecule has 8 heteroatoms. The van der Waals surface area contributed by atoms with Gasteiger partial charge in [0, 0.05) is 22.8 Å². The van der Waals surface area contributed by atoms with Crippen LogP contribution in [0.15, 0.2) is 72.4 Å². The van der Waals surface area contributed by atoms with Gasteiger partial charge < -0.3 is 5.32 Å². The summed E-state index contributed by atoms with van der Waals surface area (Å²) in [7, 11) is 0.